The number of anilines is 3. The molecule has 1 aliphatic rings. The van der Waals surface area contributed by atoms with Gasteiger partial charge in [-0.15, -0.1) is 0 Å². The van der Waals surface area contributed by atoms with Crippen LogP contribution >= 0.6 is 0 Å². The van der Waals surface area contributed by atoms with Crippen molar-refractivity contribution in [2.75, 3.05) is 44.0 Å². The van der Waals surface area contributed by atoms with E-state index in [1.807, 2.05) is 31.0 Å². The molecule has 0 spiro atoms. The molecule has 0 radical (unpaired) electrons. The van der Waals surface area contributed by atoms with Gasteiger partial charge >= 0.3 is 12.4 Å². The number of aliphatic hydroxyl groups excluding tert-OH is 1. The van der Waals surface area contributed by atoms with Crippen molar-refractivity contribution in [1.82, 2.24) is 9.80 Å². The number of aliphatic hydroxyl groups is 1. The number of rotatable bonds is 11. The van der Waals surface area contributed by atoms with Crippen LogP contribution in [0.15, 0.2) is 91.0 Å². The molecule has 0 bridgehead atoms. The van der Waals surface area contributed by atoms with Gasteiger partial charge in [-0.3, -0.25) is 14.5 Å². The summed E-state index contributed by atoms with van der Waals surface area (Å²) < 4.78 is 86.7. The Morgan fingerprint density at radius 3 is 2.19 bits per heavy atom. The van der Waals surface area contributed by atoms with E-state index in [1.165, 1.54) is 29.2 Å². The van der Waals surface area contributed by atoms with E-state index in [-0.39, 0.29) is 48.2 Å². The number of halogens is 6. The van der Waals surface area contributed by atoms with Gasteiger partial charge in [-0.05, 0) is 73.6 Å². The molecule has 0 aliphatic carbocycles. The van der Waals surface area contributed by atoms with Crippen molar-refractivity contribution in [1.29, 1.82) is 0 Å². The molecule has 2 N–H and O–H groups in total. The van der Waals surface area contributed by atoms with Crippen molar-refractivity contribution in [3.05, 3.63) is 119 Å². The van der Waals surface area contributed by atoms with E-state index < -0.39 is 47.4 Å². The second-order valence-corrected chi connectivity index (χ2v) is 13.7. The monoisotopic (exact) mass is 756 g/mol. The standard InChI is InChI=1S/C40H42F6N4O4/c1-25-21-50(26(2)24-51)38(53)31-8-7-10-33(47-36(52)20-27-12-16-29(17-13-27)39(41,42)43)37(31)54-35(25)23-48(3)22-28-14-18-30(19-15-28)49(4)34-11-6-5-9-32(34)40(44,45)46/h5-19,25-26,35,51H,20-24H2,1-4H3,(H,47,52)/t25-,26+,35-/m1/s1. The van der Waals surface area contributed by atoms with Crippen LogP contribution in [0.5, 0.6) is 5.75 Å². The highest BCUT2D eigenvalue weighted by molar-refractivity contribution is 6.02. The first-order valence-electron chi connectivity index (χ1n) is 17.3. The SMILES string of the molecule is C[C@@H]1CN([C@@H](C)CO)C(=O)c2cccc(NC(=O)Cc3ccc(C(F)(F)F)cc3)c2O[C@@H]1CN(C)Cc1ccc(N(C)c2ccccc2C(F)(F)F)cc1. The Bertz CT molecular complexity index is 1920. The van der Waals surface area contributed by atoms with Gasteiger partial charge in [0.05, 0.1) is 47.1 Å². The lowest BCUT2D eigenvalue weighted by molar-refractivity contribution is -0.138. The summed E-state index contributed by atoms with van der Waals surface area (Å²) in [5, 5.41) is 12.8. The average molecular weight is 757 g/mol. The van der Waals surface area contributed by atoms with Crippen LogP contribution in [0.25, 0.3) is 0 Å². The lowest BCUT2D eigenvalue weighted by atomic mass is 9.98. The topological polar surface area (TPSA) is 85.3 Å². The van der Waals surface area contributed by atoms with Crippen LogP contribution < -0.4 is 15.0 Å². The smallest absolute Gasteiger partial charge is 0.418 e. The molecule has 5 rings (SSSR count). The molecule has 0 saturated carbocycles. The summed E-state index contributed by atoms with van der Waals surface area (Å²) in [7, 11) is 3.46. The van der Waals surface area contributed by atoms with E-state index in [9.17, 15) is 41.0 Å². The molecule has 8 nitrogen and oxygen atoms in total. The number of ether oxygens (including phenoxy) is 1. The largest absolute Gasteiger partial charge is 0.486 e. The Labute approximate surface area is 309 Å². The van der Waals surface area contributed by atoms with Crippen LogP contribution in [0.1, 0.15) is 46.5 Å². The Kier molecular flexibility index (Phi) is 12.3. The van der Waals surface area contributed by atoms with Gasteiger partial charge in [-0.25, -0.2) is 0 Å². The Morgan fingerprint density at radius 1 is 0.907 bits per heavy atom. The third kappa shape index (κ3) is 9.52. The number of para-hydroxylation sites is 2. The van der Waals surface area contributed by atoms with Gasteiger partial charge in [-0.2, -0.15) is 26.3 Å². The lowest BCUT2D eigenvalue weighted by Crippen LogP contribution is -2.49. The number of amides is 2. The zero-order chi connectivity index (χ0) is 39.4. The highest BCUT2D eigenvalue weighted by atomic mass is 19.4. The first kappa shape index (κ1) is 40.1. The van der Waals surface area contributed by atoms with E-state index in [1.54, 1.807) is 55.3 Å². The van der Waals surface area contributed by atoms with Crippen molar-refractivity contribution in [2.45, 2.75) is 51.3 Å². The first-order valence-corrected chi connectivity index (χ1v) is 17.3. The van der Waals surface area contributed by atoms with E-state index in [2.05, 4.69) is 5.32 Å². The first-order chi connectivity index (χ1) is 25.5. The van der Waals surface area contributed by atoms with Crippen LogP contribution in [0.3, 0.4) is 0 Å². The molecule has 3 atom stereocenters. The minimum absolute atomic E-state index is 0.0313. The lowest BCUT2D eigenvalue weighted by Gasteiger charge is -2.38. The van der Waals surface area contributed by atoms with Crippen molar-refractivity contribution in [3.8, 4) is 5.75 Å². The number of benzene rings is 4. The van der Waals surface area contributed by atoms with E-state index in [4.69, 9.17) is 4.74 Å². The van der Waals surface area contributed by atoms with Gasteiger partial charge in [0.2, 0.25) is 5.91 Å². The van der Waals surface area contributed by atoms with Crippen molar-refractivity contribution in [3.63, 3.8) is 0 Å². The fourth-order valence-corrected chi connectivity index (χ4v) is 6.40. The zero-order valence-corrected chi connectivity index (χ0v) is 30.2. The number of alkyl halides is 6. The maximum Gasteiger partial charge on any atom is 0.418 e. The van der Waals surface area contributed by atoms with Crippen LogP contribution in [0, 0.1) is 5.92 Å². The minimum Gasteiger partial charge on any atom is -0.486 e. The highest BCUT2D eigenvalue weighted by Gasteiger charge is 2.36. The summed E-state index contributed by atoms with van der Waals surface area (Å²) in [5.74, 6) is -1.04. The Hall–Kier alpha value is -5.08. The number of nitrogens with zero attached hydrogens (tertiary/aromatic N) is 3. The maximum absolute atomic E-state index is 13.8. The van der Waals surface area contributed by atoms with Gasteiger partial charge in [-0.1, -0.05) is 49.4 Å². The molecular formula is C40H42F6N4O4. The van der Waals surface area contributed by atoms with Gasteiger partial charge in [0, 0.05) is 38.3 Å². The third-order valence-corrected chi connectivity index (χ3v) is 9.45. The van der Waals surface area contributed by atoms with E-state index >= 15 is 0 Å². The van der Waals surface area contributed by atoms with Crippen LogP contribution in [0.2, 0.25) is 0 Å². The molecular weight excluding hydrogens is 714 g/mol. The number of likely N-dealkylation sites (N-methyl/N-ethyl adjacent to an activating group) is 1. The van der Waals surface area contributed by atoms with Gasteiger partial charge < -0.3 is 25.0 Å². The Morgan fingerprint density at radius 2 is 1.56 bits per heavy atom. The van der Waals surface area contributed by atoms with Crippen molar-refractivity contribution in [2.24, 2.45) is 5.92 Å². The molecule has 0 unspecified atom stereocenters. The van der Waals surface area contributed by atoms with E-state index in [0.29, 0.717) is 24.3 Å². The second-order valence-electron chi connectivity index (χ2n) is 13.7. The van der Waals surface area contributed by atoms with Gasteiger partial charge in [0.15, 0.2) is 5.75 Å². The molecule has 2 amide bonds. The summed E-state index contributed by atoms with van der Waals surface area (Å²) in [4.78, 5) is 32.1. The summed E-state index contributed by atoms with van der Waals surface area (Å²) in [6.07, 6.45) is -9.76. The molecule has 1 aliphatic heterocycles. The molecule has 0 fully saturated rings. The third-order valence-electron chi connectivity index (χ3n) is 9.45. The summed E-state index contributed by atoms with van der Waals surface area (Å²) in [6, 6.07) is 21.1. The Balaban J connectivity index is 1.34. The molecule has 4 aromatic rings. The van der Waals surface area contributed by atoms with Crippen LogP contribution in [0.4, 0.5) is 43.4 Å². The maximum atomic E-state index is 13.8. The number of hydrogen-bond donors (Lipinski definition) is 2. The summed E-state index contributed by atoms with van der Waals surface area (Å²) in [6.45, 7) is 4.45. The molecule has 0 aromatic heterocycles. The second kappa shape index (κ2) is 16.5. The fraction of sp³-hybridized carbons (Fsp3) is 0.350. The fourth-order valence-electron chi connectivity index (χ4n) is 6.40. The molecule has 1 heterocycles. The quantitative estimate of drug-likeness (QED) is 0.151. The molecule has 288 valence electrons. The predicted molar refractivity (Wildman–Crippen MR) is 194 cm³/mol. The van der Waals surface area contributed by atoms with Crippen molar-refractivity contribution >= 4 is 28.9 Å². The number of carbonyl (C=O) groups is 2. The molecule has 0 saturated heterocycles. The molecule has 14 heteroatoms. The van der Waals surface area contributed by atoms with E-state index in [0.717, 1.165) is 23.8 Å². The van der Waals surface area contributed by atoms with Gasteiger partial charge in [0.25, 0.3) is 5.91 Å². The molecule has 4 aromatic carbocycles. The predicted octanol–water partition coefficient (Wildman–Crippen LogP) is 8.03. The van der Waals surface area contributed by atoms with Crippen molar-refractivity contribution < 1.29 is 45.8 Å². The number of hydrogen-bond acceptors (Lipinski definition) is 6. The number of fused-ring (bicyclic) bond motifs is 1. The summed E-state index contributed by atoms with van der Waals surface area (Å²) >= 11 is 0. The van der Waals surface area contributed by atoms with Crippen LogP contribution in [-0.4, -0.2) is 72.7 Å². The minimum atomic E-state index is -4.51. The highest BCUT2D eigenvalue weighted by Crippen LogP contribution is 2.39. The zero-order valence-electron chi connectivity index (χ0n) is 30.2. The average Bonchev–Trinajstić information content (AvgIpc) is 3.12. The normalized spacial score (nSPS) is 17.0. The number of nitrogens with one attached hydrogen (secondary N) is 1. The van der Waals surface area contributed by atoms with Gasteiger partial charge in [0.1, 0.15) is 6.10 Å². The molecule has 54 heavy (non-hydrogen) atoms. The summed E-state index contributed by atoms with van der Waals surface area (Å²) in [5.41, 5.74) is 0.674. The van der Waals surface area contributed by atoms with Crippen LogP contribution in [-0.2, 0) is 30.1 Å². The number of carbonyl (C=O) groups excluding carboxylic acids is 2.